The molecule has 1 amide bonds. The summed E-state index contributed by atoms with van der Waals surface area (Å²) < 4.78 is 7.64. The largest absolute Gasteiger partial charge is 0.468 e. The van der Waals surface area contributed by atoms with E-state index in [0.717, 1.165) is 49.4 Å². The first kappa shape index (κ1) is 19.1. The van der Waals surface area contributed by atoms with Gasteiger partial charge in [0.1, 0.15) is 5.76 Å². The lowest BCUT2D eigenvalue weighted by molar-refractivity contribution is 0.0927. The van der Waals surface area contributed by atoms with E-state index in [-0.39, 0.29) is 11.9 Å². The van der Waals surface area contributed by atoms with Gasteiger partial charge < -0.3 is 9.73 Å². The van der Waals surface area contributed by atoms with E-state index in [4.69, 9.17) is 9.52 Å². The molecule has 5 rings (SSSR count). The molecule has 0 bridgehead atoms. The van der Waals surface area contributed by atoms with Crippen LogP contribution < -0.4 is 5.32 Å². The van der Waals surface area contributed by atoms with Crippen LogP contribution in [0.5, 0.6) is 0 Å². The smallest absolute Gasteiger partial charge is 0.272 e. The van der Waals surface area contributed by atoms with E-state index in [1.807, 2.05) is 16.8 Å². The second-order valence-corrected chi connectivity index (χ2v) is 8.36. The fourth-order valence-corrected chi connectivity index (χ4v) is 4.74. The summed E-state index contributed by atoms with van der Waals surface area (Å²) in [6.07, 6.45) is 7.04. The Morgan fingerprint density at radius 3 is 2.67 bits per heavy atom. The summed E-state index contributed by atoms with van der Waals surface area (Å²) in [5, 5.41) is 7.89. The fourth-order valence-electron chi connectivity index (χ4n) is 4.74. The average molecular weight is 405 g/mol. The van der Waals surface area contributed by atoms with Crippen LogP contribution in [0.15, 0.2) is 47.1 Å². The van der Waals surface area contributed by atoms with Crippen molar-refractivity contribution in [1.82, 2.24) is 20.0 Å². The molecular formula is C24H28N4O2. The Labute approximate surface area is 176 Å². The van der Waals surface area contributed by atoms with Crippen LogP contribution in [0.2, 0.25) is 0 Å². The second-order valence-electron chi connectivity index (χ2n) is 8.36. The molecule has 0 saturated carbocycles. The standard InChI is InChI=1S/C24H28N4O2/c1-17-9-11-18(12-10-17)28-20-7-4-6-19(20)23(26-28)24(29)25-16-21(22-8-5-15-30-22)27-13-2-3-14-27/h5,8-12,15,21H,2-4,6-7,13-14,16H2,1H3,(H,25,29). The predicted molar refractivity (Wildman–Crippen MR) is 115 cm³/mol. The van der Waals surface area contributed by atoms with Gasteiger partial charge in [0.2, 0.25) is 0 Å². The highest BCUT2D eigenvalue weighted by molar-refractivity contribution is 5.94. The summed E-state index contributed by atoms with van der Waals surface area (Å²) in [5.74, 6) is 0.822. The van der Waals surface area contributed by atoms with Gasteiger partial charge in [-0.1, -0.05) is 17.7 Å². The number of aryl methyl sites for hydroxylation is 1. The van der Waals surface area contributed by atoms with Gasteiger partial charge in [-0.25, -0.2) is 4.68 Å². The van der Waals surface area contributed by atoms with Crippen LogP contribution >= 0.6 is 0 Å². The molecule has 3 aromatic rings. The maximum absolute atomic E-state index is 13.2. The zero-order valence-electron chi connectivity index (χ0n) is 17.4. The average Bonchev–Trinajstić information content (AvgIpc) is 3.53. The number of nitrogens with one attached hydrogen (secondary N) is 1. The van der Waals surface area contributed by atoms with Gasteiger partial charge in [-0.05, 0) is 76.4 Å². The van der Waals surface area contributed by atoms with Crippen molar-refractivity contribution in [3.05, 3.63) is 70.9 Å². The number of hydrogen-bond donors (Lipinski definition) is 1. The molecule has 1 aliphatic carbocycles. The third-order valence-electron chi connectivity index (χ3n) is 6.33. The van der Waals surface area contributed by atoms with Gasteiger partial charge in [0.15, 0.2) is 5.69 Å². The summed E-state index contributed by atoms with van der Waals surface area (Å²) in [7, 11) is 0. The van der Waals surface area contributed by atoms with Gasteiger partial charge in [-0.2, -0.15) is 5.10 Å². The third kappa shape index (κ3) is 3.56. The first-order valence-corrected chi connectivity index (χ1v) is 10.9. The SMILES string of the molecule is Cc1ccc(-n2nc(C(=O)NCC(c3ccco3)N3CCCC3)c3c2CCC3)cc1. The number of nitrogens with zero attached hydrogens (tertiary/aromatic N) is 3. The van der Waals surface area contributed by atoms with Crippen LogP contribution in [0, 0.1) is 6.92 Å². The molecule has 1 aromatic carbocycles. The highest BCUT2D eigenvalue weighted by Gasteiger charge is 2.29. The summed E-state index contributed by atoms with van der Waals surface area (Å²) in [5.41, 5.74) is 5.08. The van der Waals surface area contributed by atoms with Crippen LogP contribution in [0.25, 0.3) is 5.69 Å². The molecule has 6 nitrogen and oxygen atoms in total. The van der Waals surface area contributed by atoms with Crippen molar-refractivity contribution in [2.24, 2.45) is 0 Å². The van der Waals surface area contributed by atoms with Crippen molar-refractivity contribution in [1.29, 1.82) is 0 Å². The molecule has 0 spiro atoms. The number of carbonyl (C=O) groups is 1. The molecule has 6 heteroatoms. The number of aromatic nitrogens is 2. The molecule has 1 atom stereocenters. The van der Waals surface area contributed by atoms with Crippen molar-refractivity contribution in [2.75, 3.05) is 19.6 Å². The first-order valence-electron chi connectivity index (χ1n) is 10.9. The molecule has 0 radical (unpaired) electrons. The van der Waals surface area contributed by atoms with Gasteiger partial charge in [0.05, 0.1) is 18.0 Å². The highest BCUT2D eigenvalue weighted by atomic mass is 16.3. The number of hydrogen-bond acceptors (Lipinski definition) is 4. The zero-order valence-corrected chi connectivity index (χ0v) is 17.4. The summed E-state index contributed by atoms with van der Waals surface area (Å²) in [6, 6.07) is 12.3. The number of carbonyl (C=O) groups excluding carboxylic acids is 1. The van der Waals surface area contributed by atoms with E-state index < -0.39 is 0 Å². The van der Waals surface area contributed by atoms with Crippen molar-refractivity contribution < 1.29 is 9.21 Å². The molecule has 2 aliphatic rings. The minimum Gasteiger partial charge on any atom is -0.468 e. The van der Waals surface area contributed by atoms with E-state index in [0.29, 0.717) is 12.2 Å². The maximum atomic E-state index is 13.2. The molecule has 2 aromatic heterocycles. The van der Waals surface area contributed by atoms with Gasteiger partial charge >= 0.3 is 0 Å². The quantitative estimate of drug-likeness (QED) is 0.678. The van der Waals surface area contributed by atoms with Gasteiger partial charge in [0.25, 0.3) is 5.91 Å². The van der Waals surface area contributed by atoms with E-state index in [1.54, 1.807) is 6.26 Å². The predicted octanol–water partition coefficient (Wildman–Crippen LogP) is 3.83. The van der Waals surface area contributed by atoms with Crippen molar-refractivity contribution in [3.63, 3.8) is 0 Å². The first-order chi connectivity index (χ1) is 14.7. The third-order valence-corrected chi connectivity index (χ3v) is 6.33. The number of benzene rings is 1. The van der Waals surface area contributed by atoms with Crippen LogP contribution in [0.3, 0.4) is 0 Å². The topological polar surface area (TPSA) is 63.3 Å². The molecule has 3 heterocycles. The van der Waals surface area contributed by atoms with E-state index in [9.17, 15) is 4.79 Å². The lowest BCUT2D eigenvalue weighted by Gasteiger charge is -2.25. The number of likely N-dealkylation sites (tertiary alicyclic amines) is 1. The minimum absolute atomic E-state index is 0.0682. The molecule has 1 aliphatic heterocycles. The Balaban J connectivity index is 1.37. The maximum Gasteiger partial charge on any atom is 0.272 e. The number of amides is 1. The van der Waals surface area contributed by atoms with Crippen molar-refractivity contribution in [3.8, 4) is 5.69 Å². The van der Waals surface area contributed by atoms with E-state index in [1.165, 1.54) is 24.1 Å². The number of rotatable bonds is 6. The van der Waals surface area contributed by atoms with Crippen LogP contribution in [0.1, 0.15) is 58.4 Å². The highest BCUT2D eigenvalue weighted by Crippen LogP contribution is 2.29. The Bertz CT molecular complexity index is 1010. The Morgan fingerprint density at radius 2 is 1.93 bits per heavy atom. The van der Waals surface area contributed by atoms with Crippen molar-refractivity contribution >= 4 is 5.91 Å². The second kappa shape index (κ2) is 8.11. The van der Waals surface area contributed by atoms with E-state index in [2.05, 4.69) is 41.4 Å². The lowest BCUT2D eigenvalue weighted by atomic mass is 10.1. The molecule has 1 saturated heterocycles. The molecular weight excluding hydrogens is 376 g/mol. The monoisotopic (exact) mass is 404 g/mol. The van der Waals surface area contributed by atoms with E-state index >= 15 is 0 Å². The zero-order chi connectivity index (χ0) is 20.5. The summed E-state index contributed by atoms with van der Waals surface area (Å²) in [4.78, 5) is 15.6. The molecule has 1 N–H and O–H groups in total. The Kier molecular flexibility index (Phi) is 5.17. The molecule has 1 fully saturated rings. The molecule has 1 unspecified atom stereocenters. The van der Waals surface area contributed by atoms with Gasteiger partial charge in [0, 0.05) is 17.8 Å². The minimum atomic E-state index is -0.0882. The normalized spacial score (nSPS) is 17.2. The van der Waals surface area contributed by atoms with Crippen LogP contribution in [0.4, 0.5) is 0 Å². The summed E-state index contributed by atoms with van der Waals surface area (Å²) in [6.45, 7) is 4.68. The van der Waals surface area contributed by atoms with Gasteiger partial charge in [-0.15, -0.1) is 0 Å². The molecule has 30 heavy (non-hydrogen) atoms. The van der Waals surface area contributed by atoms with Crippen molar-refractivity contribution in [2.45, 2.75) is 45.1 Å². The Morgan fingerprint density at radius 1 is 1.13 bits per heavy atom. The summed E-state index contributed by atoms with van der Waals surface area (Å²) >= 11 is 0. The Hall–Kier alpha value is -2.86. The van der Waals surface area contributed by atoms with Crippen LogP contribution in [-0.4, -0.2) is 40.2 Å². The lowest BCUT2D eigenvalue weighted by Crippen LogP contribution is -2.37. The number of fused-ring (bicyclic) bond motifs is 1. The number of furan rings is 1. The van der Waals surface area contributed by atoms with Gasteiger partial charge in [-0.3, -0.25) is 9.69 Å². The molecule has 156 valence electrons. The fraction of sp³-hybridized carbons (Fsp3) is 0.417. The van der Waals surface area contributed by atoms with Crippen LogP contribution in [-0.2, 0) is 12.8 Å².